The van der Waals surface area contributed by atoms with Crippen LogP contribution in [-0.2, 0) is 0 Å². The summed E-state index contributed by atoms with van der Waals surface area (Å²) >= 11 is 1.75. The molecule has 21 heavy (non-hydrogen) atoms. The summed E-state index contributed by atoms with van der Waals surface area (Å²) in [5.74, 6) is 0.862. The predicted molar refractivity (Wildman–Crippen MR) is 86.5 cm³/mol. The molecule has 0 aliphatic carbocycles. The van der Waals surface area contributed by atoms with Gasteiger partial charge >= 0.3 is 29.6 Å². The van der Waals surface area contributed by atoms with Gasteiger partial charge in [0.05, 0.1) is 7.11 Å². The molecule has 0 saturated carbocycles. The fourth-order valence-electron chi connectivity index (χ4n) is 2.08. The summed E-state index contributed by atoms with van der Waals surface area (Å²) in [7, 11) is 1.59. The zero-order chi connectivity index (χ0) is 13.9. The largest absolute Gasteiger partial charge is 1.00 e. The first-order valence-corrected chi connectivity index (χ1v) is 7.11. The van der Waals surface area contributed by atoms with Gasteiger partial charge in [-0.2, -0.15) is 0 Å². The predicted octanol–water partition coefficient (Wildman–Crippen LogP) is 1.90. The van der Waals surface area contributed by atoms with Gasteiger partial charge in [0.2, 0.25) is 0 Å². The fraction of sp³-hybridized carbons (Fsp3) is 0.0588. The Kier molecular flexibility index (Phi) is 5.48. The molecule has 0 bridgehead atoms. The summed E-state index contributed by atoms with van der Waals surface area (Å²) in [5.41, 5.74) is 0.916. The third-order valence-electron chi connectivity index (χ3n) is 3.03. The van der Waals surface area contributed by atoms with Gasteiger partial charge < -0.3 is 11.3 Å². The van der Waals surface area contributed by atoms with Crippen LogP contribution >= 0.6 is 11.3 Å². The number of hydrogen-bond acceptors (Lipinski definition) is 3. The molecule has 0 fully saturated rings. The average molecular weight is 306 g/mol. The van der Waals surface area contributed by atoms with E-state index in [1.165, 1.54) is 15.0 Å². The molecule has 102 valence electrons. The van der Waals surface area contributed by atoms with Crippen LogP contribution in [-0.4, -0.2) is 12.2 Å². The Labute approximate surface area is 151 Å². The van der Waals surface area contributed by atoms with Crippen LogP contribution in [0.1, 0.15) is 11.9 Å². The third-order valence-corrected chi connectivity index (χ3v) is 4.12. The van der Waals surface area contributed by atoms with Crippen LogP contribution in [0.4, 0.5) is 0 Å². The molecule has 3 rings (SSSR count). The van der Waals surface area contributed by atoms with Gasteiger partial charge in [-0.3, -0.25) is 0 Å². The average Bonchev–Trinajstić information content (AvgIpc) is 2.87. The van der Waals surface area contributed by atoms with Crippen molar-refractivity contribution in [2.75, 3.05) is 7.11 Å². The summed E-state index contributed by atoms with van der Waals surface area (Å²) < 4.78 is 6.42. The number of thiophene rings is 1. The minimum atomic E-state index is 0. The van der Waals surface area contributed by atoms with E-state index in [4.69, 9.17) is 4.74 Å². The normalized spacial score (nSPS) is 10.7. The standard InChI is InChI=1S/C17H14O2S.Na.H/c1-19-15-9-12(8-14(18)11-15)6-7-16-10-13-4-2-3-5-17(13)20-16;;/h2-11,18H,1H3;;/q;+1;-1. The van der Waals surface area contributed by atoms with Crippen molar-refractivity contribution in [1.29, 1.82) is 0 Å². The first-order chi connectivity index (χ1) is 9.74. The van der Waals surface area contributed by atoms with E-state index >= 15 is 0 Å². The van der Waals surface area contributed by atoms with E-state index in [-0.39, 0.29) is 36.7 Å². The molecular weight excluding hydrogens is 291 g/mol. The van der Waals surface area contributed by atoms with E-state index in [0.29, 0.717) is 5.75 Å². The summed E-state index contributed by atoms with van der Waals surface area (Å²) in [5, 5.41) is 10.9. The third kappa shape index (κ3) is 3.89. The minimum absolute atomic E-state index is 0. The molecule has 0 radical (unpaired) electrons. The van der Waals surface area contributed by atoms with Gasteiger partial charge in [-0.15, -0.1) is 11.3 Å². The number of fused-ring (bicyclic) bond motifs is 1. The van der Waals surface area contributed by atoms with Crippen LogP contribution in [0.15, 0.2) is 48.5 Å². The van der Waals surface area contributed by atoms with Crippen molar-refractivity contribution in [1.82, 2.24) is 0 Å². The maximum absolute atomic E-state index is 9.63. The maximum atomic E-state index is 9.63. The Morgan fingerprint density at radius 3 is 2.67 bits per heavy atom. The van der Waals surface area contributed by atoms with E-state index in [1.807, 2.05) is 24.3 Å². The molecule has 0 spiro atoms. The number of phenols is 1. The SMILES string of the molecule is COc1cc(O)cc(C=Cc2cc3ccccc3s2)c1.[H-].[Na+]. The minimum Gasteiger partial charge on any atom is -1.00 e. The molecule has 0 atom stereocenters. The van der Waals surface area contributed by atoms with E-state index < -0.39 is 0 Å². The molecule has 1 N–H and O–H groups in total. The van der Waals surface area contributed by atoms with Gasteiger partial charge in [-0.25, -0.2) is 0 Å². The summed E-state index contributed by atoms with van der Waals surface area (Å²) in [6, 6.07) is 15.7. The van der Waals surface area contributed by atoms with Crippen LogP contribution < -0.4 is 34.3 Å². The van der Waals surface area contributed by atoms with Gasteiger partial charge in [0, 0.05) is 15.6 Å². The number of phenolic OH excluding ortho intramolecular Hbond substituents is 1. The van der Waals surface area contributed by atoms with Gasteiger partial charge in [0.15, 0.2) is 0 Å². The zero-order valence-electron chi connectivity index (χ0n) is 13.0. The Morgan fingerprint density at radius 2 is 1.90 bits per heavy atom. The molecule has 2 aromatic carbocycles. The molecule has 0 aliphatic rings. The fourth-order valence-corrected chi connectivity index (χ4v) is 3.05. The molecule has 0 amide bonds. The number of benzene rings is 2. The van der Waals surface area contributed by atoms with Gasteiger partial charge in [0.25, 0.3) is 0 Å². The van der Waals surface area contributed by atoms with E-state index in [9.17, 15) is 5.11 Å². The second kappa shape index (κ2) is 7.14. The number of aromatic hydroxyl groups is 1. The summed E-state index contributed by atoms with van der Waals surface area (Å²) in [6.07, 6.45) is 4.03. The first kappa shape index (κ1) is 16.1. The maximum Gasteiger partial charge on any atom is 1.00 e. The molecule has 0 aliphatic heterocycles. The molecule has 1 heterocycles. The topological polar surface area (TPSA) is 29.5 Å². The van der Waals surface area contributed by atoms with Crippen molar-refractivity contribution in [2.24, 2.45) is 0 Å². The van der Waals surface area contributed by atoms with Crippen molar-refractivity contribution < 1.29 is 40.8 Å². The van der Waals surface area contributed by atoms with Crippen LogP contribution in [0, 0.1) is 0 Å². The van der Waals surface area contributed by atoms with E-state index in [1.54, 1.807) is 30.6 Å². The van der Waals surface area contributed by atoms with Crippen molar-refractivity contribution in [3.05, 3.63) is 59.0 Å². The van der Waals surface area contributed by atoms with Gasteiger partial charge in [0.1, 0.15) is 11.5 Å². The Bertz CT molecular complexity index is 750. The van der Waals surface area contributed by atoms with E-state index in [0.717, 1.165) is 5.56 Å². The molecule has 0 unspecified atom stereocenters. The zero-order valence-corrected chi connectivity index (χ0v) is 14.9. The van der Waals surface area contributed by atoms with E-state index in [2.05, 4.69) is 24.3 Å². The van der Waals surface area contributed by atoms with Crippen LogP contribution in [0.25, 0.3) is 22.2 Å². The van der Waals surface area contributed by atoms with Crippen molar-refractivity contribution >= 4 is 33.6 Å². The Hall–Kier alpha value is -1.26. The number of ether oxygens (including phenoxy) is 1. The molecule has 4 heteroatoms. The molecule has 1 aromatic heterocycles. The van der Waals surface area contributed by atoms with Crippen LogP contribution in [0.2, 0.25) is 0 Å². The monoisotopic (exact) mass is 306 g/mol. The quantitative estimate of drug-likeness (QED) is 0.749. The molecule has 2 nitrogen and oxygen atoms in total. The summed E-state index contributed by atoms with van der Waals surface area (Å²) in [6.45, 7) is 0. The van der Waals surface area contributed by atoms with Gasteiger partial charge in [-0.1, -0.05) is 24.3 Å². The second-order valence-electron chi connectivity index (χ2n) is 4.48. The number of hydrogen-bond donors (Lipinski definition) is 1. The Morgan fingerprint density at radius 1 is 1.10 bits per heavy atom. The second-order valence-corrected chi connectivity index (χ2v) is 5.60. The molecule has 0 saturated heterocycles. The van der Waals surface area contributed by atoms with Crippen molar-refractivity contribution in [3.8, 4) is 11.5 Å². The summed E-state index contributed by atoms with van der Waals surface area (Å²) in [4.78, 5) is 1.19. The van der Waals surface area contributed by atoms with Crippen LogP contribution in [0.5, 0.6) is 11.5 Å². The number of methoxy groups -OCH3 is 1. The molecular formula is C17H15NaO2S. The van der Waals surface area contributed by atoms with Crippen molar-refractivity contribution in [2.45, 2.75) is 0 Å². The molecule has 3 aromatic rings. The van der Waals surface area contributed by atoms with Gasteiger partial charge in [-0.05, 0) is 41.3 Å². The van der Waals surface area contributed by atoms with Crippen LogP contribution in [0.3, 0.4) is 0 Å². The smallest absolute Gasteiger partial charge is 1.00 e. The first-order valence-electron chi connectivity index (χ1n) is 6.29. The van der Waals surface area contributed by atoms with Crippen molar-refractivity contribution in [3.63, 3.8) is 0 Å². The number of rotatable bonds is 3. The Balaban J connectivity index is 0.00000121.